The molecule has 1 saturated heterocycles. The minimum atomic E-state index is -4.70. The highest BCUT2D eigenvalue weighted by Crippen LogP contribution is 2.45. The van der Waals surface area contributed by atoms with Gasteiger partial charge in [0.15, 0.2) is 6.23 Å². The molecule has 4 unspecified atom stereocenters. The Morgan fingerprint density at radius 1 is 1.38 bits per heavy atom. The molecular formula is C13H21N2O8P. The first-order valence-corrected chi connectivity index (χ1v) is 8.78. The predicted octanol–water partition coefficient (Wildman–Crippen LogP) is -0.434. The summed E-state index contributed by atoms with van der Waals surface area (Å²) in [7, 11) is -4.70. The summed E-state index contributed by atoms with van der Waals surface area (Å²) in [4.78, 5) is 42.9. The van der Waals surface area contributed by atoms with E-state index in [4.69, 9.17) is 14.5 Å². The molecule has 0 bridgehead atoms. The SMILES string of the molecule is CC(C)(C)C1C(COP(=O)(O)O)OC(n2ccc(=O)[nH]c2=O)C1O. The van der Waals surface area contributed by atoms with Crippen LogP contribution < -0.4 is 11.2 Å². The first-order chi connectivity index (χ1) is 10.9. The van der Waals surface area contributed by atoms with Gasteiger partial charge in [-0.25, -0.2) is 9.36 Å². The van der Waals surface area contributed by atoms with Crippen LogP contribution in [0.5, 0.6) is 0 Å². The molecular weight excluding hydrogens is 343 g/mol. The van der Waals surface area contributed by atoms with E-state index in [1.54, 1.807) is 0 Å². The van der Waals surface area contributed by atoms with E-state index < -0.39 is 55.4 Å². The smallest absolute Gasteiger partial charge is 0.388 e. The third kappa shape index (κ3) is 4.21. The van der Waals surface area contributed by atoms with Crippen molar-refractivity contribution in [3.05, 3.63) is 33.1 Å². The van der Waals surface area contributed by atoms with Gasteiger partial charge in [-0.2, -0.15) is 0 Å². The molecule has 2 rings (SSSR count). The number of aromatic nitrogens is 2. The zero-order chi connectivity index (χ0) is 18.3. The van der Waals surface area contributed by atoms with Crippen LogP contribution in [0.3, 0.4) is 0 Å². The number of phosphoric ester groups is 1. The molecule has 11 heteroatoms. The Labute approximate surface area is 137 Å². The van der Waals surface area contributed by atoms with E-state index >= 15 is 0 Å². The first kappa shape index (κ1) is 19.0. The number of ether oxygens (including phenoxy) is 1. The highest BCUT2D eigenvalue weighted by atomic mass is 31.2. The fourth-order valence-corrected chi connectivity index (χ4v) is 3.32. The fourth-order valence-electron chi connectivity index (χ4n) is 2.98. The second-order valence-corrected chi connectivity index (χ2v) is 7.99. The van der Waals surface area contributed by atoms with Gasteiger partial charge < -0.3 is 19.6 Å². The van der Waals surface area contributed by atoms with E-state index in [0.29, 0.717) is 0 Å². The molecule has 0 saturated carbocycles. The molecule has 4 N–H and O–H groups in total. The number of rotatable bonds is 4. The van der Waals surface area contributed by atoms with Crippen LogP contribution in [0.25, 0.3) is 0 Å². The number of hydrogen-bond acceptors (Lipinski definition) is 6. The average Bonchev–Trinajstić information content (AvgIpc) is 2.72. The summed E-state index contributed by atoms with van der Waals surface area (Å²) in [6.45, 7) is 5.03. The zero-order valence-electron chi connectivity index (χ0n) is 13.4. The lowest BCUT2D eigenvalue weighted by atomic mass is 9.75. The van der Waals surface area contributed by atoms with Crippen LogP contribution in [0.4, 0.5) is 0 Å². The molecule has 0 aliphatic carbocycles. The van der Waals surface area contributed by atoms with E-state index in [9.17, 15) is 19.3 Å². The van der Waals surface area contributed by atoms with Crippen molar-refractivity contribution >= 4 is 7.82 Å². The Morgan fingerprint density at radius 2 is 2.00 bits per heavy atom. The summed E-state index contributed by atoms with van der Waals surface area (Å²) in [5, 5.41) is 10.6. The van der Waals surface area contributed by atoms with Gasteiger partial charge >= 0.3 is 13.5 Å². The van der Waals surface area contributed by atoms with E-state index in [1.165, 1.54) is 6.20 Å². The van der Waals surface area contributed by atoms with Gasteiger partial charge in [0.2, 0.25) is 0 Å². The van der Waals surface area contributed by atoms with Crippen LogP contribution >= 0.6 is 7.82 Å². The third-order valence-electron chi connectivity index (χ3n) is 3.91. The van der Waals surface area contributed by atoms with Crippen molar-refractivity contribution in [1.82, 2.24) is 9.55 Å². The lowest BCUT2D eigenvalue weighted by Gasteiger charge is -2.32. The largest absolute Gasteiger partial charge is 0.469 e. The summed E-state index contributed by atoms with van der Waals surface area (Å²) in [6, 6.07) is 1.11. The Bertz CT molecular complexity index is 745. The van der Waals surface area contributed by atoms with Gasteiger partial charge in [-0.3, -0.25) is 18.9 Å². The molecule has 24 heavy (non-hydrogen) atoms. The number of aliphatic hydroxyl groups excluding tert-OH is 1. The van der Waals surface area contributed by atoms with Crippen molar-refractivity contribution in [2.75, 3.05) is 6.61 Å². The molecule has 0 radical (unpaired) electrons. The maximum Gasteiger partial charge on any atom is 0.469 e. The van der Waals surface area contributed by atoms with Gasteiger partial charge in [0.1, 0.15) is 6.10 Å². The molecule has 10 nitrogen and oxygen atoms in total. The minimum Gasteiger partial charge on any atom is -0.388 e. The van der Waals surface area contributed by atoms with Crippen LogP contribution in [0, 0.1) is 11.3 Å². The zero-order valence-corrected chi connectivity index (χ0v) is 14.3. The lowest BCUT2D eigenvalue weighted by molar-refractivity contribution is -0.0538. The summed E-state index contributed by atoms with van der Waals surface area (Å²) in [6.07, 6.45) is -1.90. The lowest BCUT2D eigenvalue weighted by Crippen LogP contribution is -2.40. The molecule has 1 aromatic rings. The number of nitrogens with one attached hydrogen (secondary N) is 1. The van der Waals surface area contributed by atoms with Gasteiger partial charge in [-0.05, 0) is 5.41 Å². The van der Waals surface area contributed by atoms with E-state index in [2.05, 4.69) is 9.51 Å². The Hall–Kier alpha value is -1.29. The Kier molecular flexibility index (Phi) is 5.19. The van der Waals surface area contributed by atoms with Gasteiger partial charge in [0.05, 0.1) is 12.7 Å². The van der Waals surface area contributed by atoms with E-state index in [0.717, 1.165) is 10.6 Å². The van der Waals surface area contributed by atoms with Gasteiger partial charge in [0, 0.05) is 18.2 Å². The molecule has 1 fully saturated rings. The van der Waals surface area contributed by atoms with Crippen LogP contribution in [-0.2, 0) is 13.8 Å². The van der Waals surface area contributed by atoms with Crippen LogP contribution in [-0.4, -0.2) is 43.3 Å². The van der Waals surface area contributed by atoms with E-state index in [-0.39, 0.29) is 0 Å². The van der Waals surface area contributed by atoms with Crippen LogP contribution in [0.15, 0.2) is 21.9 Å². The third-order valence-corrected chi connectivity index (χ3v) is 4.39. The average molecular weight is 364 g/mol. The van der Waals surface area contributed by atoms with Gasteiger partial charge in [-0.15, -0.1) is 0 Å². The van der Waals surface area contributed by atoms with Crippen LogP contribution in [0.2, 0.25) is 0 Å². The van der Waals surface area contributed by atoms with Crippen molar-refractivity contribution in [3.63, 3.8) is 0 Å². The second kappa shape index (κ2) is 6.55. The maximum absolute atomic E-state index is 11.9. The number of phosphoric acid groups is 1. The summed E-state index contributed by atoms with van der Waals surface area (Å²) in [5.74, 6) is -0.562. The summed E-state index contributed by atoms with van der Waals surface area (Å²) < 4.78 is 22.1. The standard InChI is InChI=1S/C13H21N2O8P/c1-13(2,3)9-7(6-22-24(19,20)21)23-11(10(9)17)15-5-4-8(16)14-12(15)18/h4-5,7,9-11,17H,6H2,1-3H3,(H,14,16,18)(H2,19,20,21). The van der Waals surface area contributed by atoms with Crippen molar-refractivity contribution < 1.29 is 28.7 Å². The Balaban J connectivity index is 2.34. The topological polar surface area (TPSA) is 151 Å². The highest BCUT2D eigenvalue weighted by Gasteiger charge is 2.50. The number of aliphatic hydroxyl groups is 1. The Morgan fingerprint density at radius 3 is 2.50 bits per heavy atom. The molecule has 1 aromatic heterocycles. The normalized spacial score (nSPS) is 28.2. The highest BCUT2D eigenvalue weighted by molar-refractivity contribution is 7.46. The van der Waals surface area contributed by atoms with Crippen molar-refractivity contribution in [2.24, 2.45) is 11.3 Å². The molecule has 0 spiro atoms. The molecule has 1 aliphatic rings. The summed E-state index contributed by atoms with van der Waals surface area (Å²) in [5.41, 5.74) is -1.84. The quantitative estimate of drug-likeness (QED) is 0.525. The van der Waals surface area contributed by atoms with Crippen molar-refractivity contribution in [1.29, 1.82) is 0 Å². The molecule has 0 amide bonds. The molecule has 1 aliphatic heterocycles. The van der Waals surface area contributed by atoms with Gasteiger partial charge in [-0.1, -0.05) is 20.8 Å². The number of hydrogen-bond donors (Lipinski definition) is 4. The van der Waals surface area contributed by atoms with E-state index in [1.807, 2.05) is 20.8 Å². The number of H-pyrrole nitrogens is 1. The first-order valence-electron chi connectivity index (χ1n) is 7.25. The minimum absolute atomic E-state index is 0.447. The fraction of sp³-hybridized carbons (Fsp3) is 0.692. The molecule has 4 atom stereocenters. The molecule has 2 heterocycles. The van der Waals surface area contributed by atoms with Crippen LogP contribution in [0.1, 0.15) is 27.0 Å². The number of aromatic amines is 1. The van der Waals surface area contributed by atoms with Crippen molar-refractivity contribution in [3.8, 4) is 0 Å². The van der Waals surface area contributed by atoms with Gasteiger partial charge in [0.25, 0.3) is 5.56 Å². The second-order valence-electron chi connectivity index (χ2n) is 6.75. The molecule has 0 aromatic carbocycles. The monoisotopic (exact) mass is 364 g/mol. The summed E-state index contributed by atoms with van der Waals surface area (Å²) >= 11 is 0. The number of nitrogens with zero attached hydrogens (tertiary/aromatic N) is 1. The van der Waals surface area contributed by atoms with Crippen molar-refractivity contribution in [2.45, 2.75) is 39.2 Å². The maximum atomic E-state index is 11.9. The molecule has 136 valence electrons. The predicted molar refractivity (Wildman–Crippen MR) is 82.2 cm³/mol.